The van der Waals surface area contributed by atoms with Gasteiger partial charge in [-0.1, -0.05) is 18.0 Å². The smallest absolute Gasteiger partial charge is 0.397 e. The molecule has 0 heterocycles. The van der Waals surface area contributed by atoms with Crippen LogP contribution in [-0.2, 0) is 53.7 Å². The number of phenols is 1. The van der Waals surface area contributed by atoms with Crippen molar-refractivity contribution in [2.45, 2.75) is 32.9 Å². The maximum Gasteiger partial charge on any atom is 0.397 e. The molecule has 0 radical (unpaired) electrons. The van der Waals surface area contributed by atoms with Crippen molar-refractivity contribution in [2.24, 2.45) is 20.5 Å². The number of benzene rings is 5. The Morgan fingerprint density at radius 2 is 1.38 bits per heavy atom. The summed E-state index contributed by atoms with van der Waals surface area (Å²) >= 11 is 0.304. The lowest BCUT2D eigenvalue weighted by Gasteiger charge is -2.14. The average Bonchev–Trinajstić information content (AvgIpc) is 3.18. The highest BCUT2D eigenvalue weighted by molar-refractivity contribution is 7.94. The molecule has 0 fully saturated rings. The van der Waals surface area contributed by atoms with Gasteiger partial charge in [-0.25, -0.2) is 26.3 Å². The molecule has 61 heavy (non-hydrogen) atoms. The van der Waals surface area contributed by atoms with Crippen LogP contribution in [0.15, 0.2) is 125 Å². The number of carbonyl (C=O) groups is 1. The van der Waals surface area contributed by atoms with E-state index in [1.54, 1.807) is 6.92 Å². The van der Waals surface area contributed by atoms with E-state index in [0.29, 0.717) is 18.5 Å². The Kier molecular flexibility index (Phi) is 14.6. The second-order valence-electron chi connectivity index (χ2n) is 12.3. The Morgan fingerprint density at radius 1 is 0.770 bits per heavy atom. The van der Waals surface area contributed by atoms with Crippen LogP contribution in [0.4, 0.5) is 34.1 Å². The van der Waals surface area contributed by atoms with Crippen molar-refractivity contribution in [1.82, 2.24) is 0 Å². The molecule has 0 aromatic heterocycles. The Hall–Kier alpha value is -5.46. The van der Waals surface area contributed by atoms with Crippen molar-refractivity contribution < 1.29 is 71.5 Å². The molecule has 5 rings (SSSR count). The average molecular weight is 941 g/mol. The van der Waals surface area contributed by atoms with E-state index in [-0.39, 0.29) is 59.5 Å². The third-order valence-corrected chi connectivity index (χ3v) is 13.7. The van der Waals surface area contributed by atoms with Gasteiger partial charge in [-0.3, -0.25) is 13.9 Å². The minimum Gasteiger partial charge on any atom is -0.505 e. The largest absolute Gasteiger partial charge is 0.505 e. The van der Waals surface area contributed by atoms with Crippen LogP contribution >= 0.6 is 12.0 Å². The van der Waals surface area contributed by atoms with Gasteiger partial charge in [0.1, 0.15) is 16.3 Å². The number of nitrogens with zero attached hydrogens (tertiary/aromatic N) is 4. The van der Waals surface area contributed by atoms with Crippen LogP contribution in [0.2, 0.25) is 0 Å². The van der Waals surface area contributed by atoms with Gasteiger partial charge in [0.25, 0.3) is 16.0 Å². The topological polar surface area (TPSA) is 350 Å². The predicted molar refractivity (Wildman–Crippen MR) is 218 cm³/mol. The fourth-order valence-electron chi connectivity index (χ4n) is 5.36. The monoisotopic (exact) mass is 940 g/mol. The third kappa shape index (κ3) is 11.9. The quantitative estimate of drug-likeness (QED) is 0.0133. The lowest BCUT2D eigenvalue weighted by Crippen LogP contribution is -2.15. The first-order valence-electron chi connectivity index (χ1n) is 16.9. The third-order valence-electron chi connectivity index (χ3n) is 8.11. The Bertz CT molecular complexity index is 2990. The van der Waals surface area contributed by atoms with Crippen LogP contribution in [0.1, 0.15) is 23.7 Å². The summed E-state index contributed by atoms with van der Waals surface area (Å²) in [5, 5.41) is 42.1. The standard InChI is InChI=1S/C34H32N6O16S5/c1-2-15-58(44,45)26-5-3-4-24(19-26)36-34(42)20-6-8-22(9-7-20)37-39-31-27(57-56-55-43)17-21-18-28(60(48,49)50)32(30(35)29(21)33(31)41)40-38-23-10-12-25(13-11-23)59(46,47)16-14-54-61(51,52)53/h3-13,17-19,41,43H,2,14-16,35H2,1H3,(H,36,42)(H,48,49,50)(H,51,52,53). The molecule has 324 valence electrons. The zero-order valence-electron chi connectivity index (χ0n) is 31.0. The number of carbonyl (C=O) groups excluding carboxylic acids is 1. The molecule has 1 amide bonds. The van der Waals surface area contributed by atoms with Gasteiger partial charge in [0, 0.05) is 11.3 Å². The van der Waals surface area contributed by atoms with E-state index < -0.39 is 80.5 Å². The predicted octanol–water partition coefficient (Wildman–Crippen LogP) is 6.66. The molecular formula is C34H32N6O16S5. The van der Waals surface area contributed by atoms with Gasteiger partial charge in [-0.05, 0) is 90.7 Å². The van der Waals surface area contributed by atoms with Crippen LogP contribution in [0.25, 0.3) is 10.8 Å². The molecule has 0 saturated carbocycles. The van der Waals surface area contributed by atoms with E-state index in [1.807, 2.05) is 0 Å². The molecule has 22 nitrogen and oxygen atoms in total. The highest BCUT2D eigenvalue weighted by atomic mass is 32.3. The molecule has 5 aromatic carbocycles. The van der Waals surface area contributed by atoms with E-state index in [1.165, 1.54) is 54.6 Å². The maximum atomic E-state index is 13.0. The number of anilines is 2. The van der Waals surface area contributed by atoms with E-state index in [9.17, 15) is 48.1 Å². The number of hydrogen-bond donors (Lipinski definition) is 6. The number of rotatable bonds is 18. The number of sulfone groups is 2. The number of aromatic hydroxyl groups is 1. The molecule has 0 unspecified atom stereocenters. The summed E-state index contributed by atoms with van der Waals surface area (Å²) in [7, 11) is -17.6. The fraction of sp³-hybridized carbons (Fsp3) is 0.147. The summed E-state index contributed by atoms with van der Waals surface area (Å²) in [5.41, 5.74) is 5.26. The lowest BCUT2D eigenvalue weighted by atomic mass is 10.1. The highest BCUT2D eigenvalue weighted by Gasteiger charge is 2.26. The Balaban J connectivity index is 1.46. The van der Waals surface area contributed by atoms with Gasteiger partial charge >= 0.3 is 10.4 Å². The van der Waals surface area contributed by atoms with Crippen LogP contribution in [0, 0.1) is 0 Å². The molecule has 0 atom stereocenters. The van der Waals surface area contributed by atoms with Crippen molar-refractivity contribution in [3.8, 4) is 5.75 Å². The van der Waals surface area contributed by atoms with Crippen LogP contribution < -0.4 is 11.1 Å². The first-order chi connectivity index (χ1) is 28.6. The number of nitrogens with two attached hydrogens (primary N) is 1. The second-order valence-corrected chi connectivity index (χ2v) is 19.8. The summed E-state index contributed by atoms with van der Waals surface area (Å²) in [5.74, 6) is -2.17. The second kappa shape index (κ2) is 19.1. The molecular weight excluding hydrogens is 909 g/mol. The number of azo groups is 2. The van der Waals surface area contributed by atoms with E-state index in [0.717, 1.165) is 30.3 Å². The van der Waals surface area contributed by atoms with Crippen LogP contribution in [0.5, 0.6) is 5.75 Å². The maximum absolute atomic E-state index is 13.0. The molecule has 27 heteroatoms. The lowest BCUT2D eigenvalue weighted by molar-refractivity contribution is -0.432. The molecule has 5 aromatic rings. The van der Waals surface area contributed by atoms with Gasteiger partial charge < -0.3 is 16.2 Å². The van der Waals surface area contributed by atoms with Gasteiger partial charge in [0.2, 0.25) is 0 Å². The SMILES string of the molecule is CCCS(=O)(=O)c1cccc(NC(=O)c2ccc(N=Nc3c(SOOO)cc4cc(S(=O)(=O)O)c(N=Nc5ccc(S(=O)(=O)CCOS(=O)(=O)O)cc5)c(N)c4c3O)cc2)c1. The summed E-state index contributed by atoms with van der Waals surface area (Å²) in [4.78, 5) is 11.7. The number of amides is 1. The van der Waals surface area contributed by atoms with Gasteiger partial charge in [-0.2, -0.15) is 27.1 Å². The molecule has 7 N–H and O–H groups in total. The van der Waals surface area contributed by atoms with Crippen LogP contribution in [0.3, 0.4) is 0 Å². The normalized spacial score (nSPS) is 12.7. The Morgan fingerprint density at radius 3 is 1.97 bits per heavy atom. The fourth-order valence-corrected chi connectivity index (χ4v) is 9.38. The number of fused-ring (bicyclic) bond motifs is 1. The van der Waals surface area contributed by atoms with Gasteiger partial charge in [0.15, 0.2) is 25.4 Å². The highest BCUT2D eigenvalue weighted by Crippen LogP contribution is 2.49. The molecule has 0 spiro atoms. The minimum absolute atomic E-state index is 0.0576. The van der Waals surface area contributed by atoms with Gasteiger partial charge in [0.05, 0.1) is 67.3 Å². The molecule has 0 saturated heterocycles. The van der Waals surface area contributed by atoms with Crippen LogP contribution in [-0.4, -0.2) is 77.2 Å². The molecule has 0 aliphatic rings. The number of nitrogens with one attached hydrogen (secondary N) is 1. The van der Waals surface area contributed by atoms with E-state index >= 15 is 0 Å². The summed E-state index contributed by atoms with van der Waals surface area (Å²) in [6.45, 7) is 0.861. The van der Waals surface area contributed by atoms with Crippen molar-refractivity contribution in [2.75, 3.05) is 29.2 Å². The summed E-state index contributed by atoms with van der Waals surface area (Å²) in [6.07, 6.45) is 0.416. The van der Waals surface area contributed by atoms with E-state index in [2.05, 4.69) is 39.3 Å². The summed E-state index contributed by atoms with van der Waals surface area (Å²) in [6, 6.07) is 17.9. The van der Waals surface area contributed by atoms with Crippen molar-refractivity contribution >= 4 is 103 Å². The van der Waals surface area contributed by atoms with Crippen molar-refractivity contribution in [1.29, 1.82) is 0 Å². The molecule has 0 aliphatic heterocycles. The van der Waals surface area contributed by atoms with Gasteiger partial charge in [-0.15, -0.1) is 14.6 Å². The Labute approximate surface area is 351 Å². The number of phenolic OH excluding ortho intramolecular Hbond substituents is 1. The zero-order chi connectivity index (χ0) is 44.8. The summed E-state index contributed by atoms with van der Waals surface area (Å²) < 4.78 is 124. The minimum atomic E-state index is -5.10. The van der Waals surface area contributed by atoms with Crippen molar-refractivity contribution in [3.05, 3.63) is 90.5 Å². The zero-order valence-corrected chi connectivity index (χ0v) is 35.1. The first kappa shape index (κ1) is 46.6. The van der Waals surface area contributed by atoms with E-state index in [4.69, 9.17) is 15.5 Å². The molecule has 0 aliphatic carbocycles. The number of hydrogen-bond acceptors (Lipinski definition) is 20. The number of nitrogen functional groups attached to an aromatic ring is 1. The molecule has 0 bridgehead atoms. The van der Waals surface area contributed by atoms with Crippen molar-refractivity contribution in [3.63, 3.8) is 0 Å². The first-order valence-corrected chi connectivity index (χ1v) is 23.8.